The van der Waals surface area contributed by atoms with Crippen LogP contribution >= 0.6 is 0 Å². The fraction of sp³-hybridized carbons (Fsp3) is 0.348. The average Bonchev–Trinajstić information content (AvgIpc) is 3.59. The number of hydrogen-bond acceptors (Lipinski definition) is 6. The lowest BCUT2D eigenvalue weighted by molar-refractivity contribution is -0.137. The summed E-state index contributed by atoms with van der Waals surface area (Å²) in [7, 11) is 1.49. The molecule has 164 valence electrons. The lowest BCUT2D eigenvalue weighted by Crippen LogP contribution is -2.40. The maximum atomic E-state index is 12.4. The standard InChI is InChI=1S/C23H26N2O6/c1-25(15-21(26)24-17-11-12-17)22(27)16-31-23(28)19-9-5-6-10-20(19)30-14-13-29-18-7-3-2-4-8-18/h2-10,17H,11-16H2,1H3,(H,24,26). The highest BCUT2D eigenvalue weighted by Gasteiger charge is 2.24. The number of amides is 2. The Kier molecular flexibility index (Phi) is 7.86. The summed E-state index contributed by atoms with van der Waals surface area (Å²) < 4.78 is 16.4. The lowest BCUT2D eigenvalue weighted by atomic mass is 10.2. The highest BCUT2D eigenvalue weighted by Crippen LogP contribution is 2.20. The quantitative estimate of drug-likeness (QED) is 0.437. The van der Waals surface area contributed by atoms with Crippen molar-refractivity contribution in [3.63, 3.8) is 0 Å². The Balaban J connectivity index is 1.43. The second-order valence-electron chi connectivity index (χ2n) is 7.17. The van der Waals surface area contributed by atoms with Gasteiger partial charge in [0.15, 0.2) is 6.61 Å². The highest BCUT2D eigenvalue weighted by molar-refractivity contribution is 5.94. The highest BCUT2D eigenvalue weighted by atomic mass is 16.5. The fourth-order valence-corrected chi connectivity index (χ4v) is 2.71. The Morgan fingerprint density at radius 2 is 1.65 bits per heavy atom. The van der Waals surface area contributed by atoms with Crippen molar-refractivity contribution in [1.29, 1.82) is 0 Å². The van der Waals surface area contributed by atoms with Gasteiger partial charge in [0, 0.05) is 13.1 Å². The molecule has 3 rings (SSSR count). The van der Waals surface area contributed by atoms with Gasteiger partial charge in [-0.3, -0.25) is 9.59 Å². The van der Waals surface area contributed by atoms with Crippen LogP contribution in [0.25, 0.3) is 0 Å². The summed E-state index contributed by atoms with van der Waals surface area (Å²) in [4.78, 5) is 37.6. The number of hydrogen-bond donors (Lipinski definition) is 1. The minimum absolute atomic E-state index is 0.0754. The number of rotatable bonds is 11. The maximum Gasteiger partial charge on any atom is 0.342 e. The Morgan fingerprint density at radius 3 is 2.39 bits per heavy atom. The van der Waals surface area contributed by atoms with Crippen LogP contribution in [-0.4, -0.2) is 62.1 Å². The largest absolute Gasteiger partial charge is 0.490 e. The zero-order valence-electron chi connectivity index (χ0n) is 17.4. The SMILES string of the molecule is CN(CC(=O)NC1CC1)C(=O)COC(=O)c1ccccc1OCCOc1ccccc1. The molecule has 2 amide bonds. The second-order valence-corrected chi connectivity index (χ2v) is 7.17. The molecule has 0 aromatic heterocycles. The van der Waals surface area contributed by atoms with Gasteiger partial charge in [0.25, 0.3) is 5.91 Å². The number of nitrogens with one attached hydrogen (secondary N) is 1. The molecule has 2 aromatic rings. The number of para-hydroxylation sites is 2. The first-order chi connectivity index (χ1) is 15.0. The van der Waals surface area contributed by atoms with Crippen LogP contribution in [0.3, 0.4) is 0 Å². The number of esters is 1. The van der Waals surface area contributed by atoms with Gasteiger partial charge in [-0.25, -0.2) is 4.79 Å². The van der Waals surface area contributed by atoms with E-state index in [9.17, 15) is 14.4 Å². The summed E-state index contributed by atoms with van der Waals surface area (Å²) in [5.41, 5.74) is 0.212. The second kappa shape index (κ2) is 11.0. The van der Waals surface area contributed by atoms with E-state index in [0.717, 1.165) is 18.6 Å². The number of carbonyl (C=O) groups is 3. The third-order valence-corrected chi connectivity index (χ3v) is 4.54. The van der Waals surface area contributed by atoms with Gasteiger partial charge in [-0.05, 0) is 37.1 Å². The van der Waals surface area contributed by atoms with Crippen LogP contribution in [0.1, 0.15) is 23.2 Å². The summed E-state index contributed by atoms with van der Waals surface area (Å²) in [6.45, 7) is 0.00203. The first kappa shape index (κ1) is 22.1. The molecule has 1 aliphatic rings. The molecule has 0 spiro atoms. The van der Waals surface area contributed by atoms with E-state index in [1.807, 2.05) is 30.3 Å². The molecule has 0 bridgehead atoms. The van der Waals surface area contributed by atoms with Gasteiger partial charge < -0.3 is 24.4 Å². The van der Waals surface area contributed by atoms with Crippen LogP contribution < -0.4 is 14.8 Å². The molecule has 8 heteroatoms. The van der Waals surface area contributed by atoms with E-state index in [2.05, 4.69) is 5.32 Å². The molecule has 0 saturated heterocycles. The molecular formula is C23H26N2O6. The van der Waals surface area contributed by atoms with E-state index in [1.165, 1.54) is 11.9 Å². The lowest BCUT2D eigenvalue weighted by Gasteiger charge is -2.17. The maximum absolute atomic E-state index is 12.4. The third kappa shape index (κ3) is 7.33. The van der Waals surface area contributed by atoms with E-state index in [-0.39, 0.29) is 30.7 Å². The molecule has 1 N–H and O–H groups in total. The van der Waals surface area contributed by atoms with Crippen molar-refractivity contribution in [2.75, 3.05) is 33.4 Å². The smallest absolute Gasteiger partial charge is 0.342 e. The summed E-state index contributed by atoms with van der Waals surface area (Å²) in [6.07, 6.45) is 1.95. The zero-order chi connectivity index (χ0) is 22.1. The van der Waals surface area contributed by atoms with E-state index in [4.69, 9.17) is 14.2 Å². The van der Waals surface area contributed by atoms with Crippen LogP contribution in [0.15, 0.2) is 54.6 Å². The van der Waals surface area contributed by atoms with E-state index >= 15 is 0 Å². The fourth-order valence-electron chi connectivity index (χ4n) is 2.71. The van der Waals surface area contributed by atoms with Gasteiger partial charge >= 0.3 is 5.97 Å². The van der Waals surface area contributed by atoms with Crippen LogP contribution in [0.4, 0.5) is 0 Å². The first-order valence-electron chi connectivity index (χ1n) is 10.1. The molecule has 0 heterocycles. The van der Waals surface area contributed by atoms with Crippen molar-refractivity contribution in [1.82, 2.24) is 10.2 Å². The van der Waals surface area contributed by atoms with Crippen molar-refractivity contribution in [3.8, 4) is 11.5 Å². The number of benzene rings is 2. The van der Waals surface area contributed by atoms with Crippen molar-refractivity contribution in [3.05, 3.63) is 60.2 Å². The van der Waals surface area contributed by atoms with Crippen LogP contribution in [-0.2, 0) is 14.3 Å². The van der Waals surface area contributed by atoms with Crippen molar-refractivity contribution >= 4 is 17.8 Å². The van der Waals surface area contributed by atoms with Gasteiger partial charge in [0.1, 0.15) is 30.3 Å². The number of nitrogens with zero attached hydrogens (tertiary/aromatic N) is 1. The van der Waals surface area contributed by atoms with E-state index in [0.29, 0.717) is 12.4 Å². The Labute approximate surface area is 181 Å². The first-order valence-corrected chi connectivity index (χ1v) is 10.1. The molecule has 8 nitrogen and oxygen atoms in total. The number of ether oxygens (including phenoxy) is 3. The summed E-state index contributed by atoms with van der Waals surface area (Å²) in [6, 6.07) is 16.2. The van der Waals surface area contributed by atoms with Crippen molar-refractivity contribution < 1.29 is 28.6 Å². The summed E-state index contributed by atoms with van der Waals surface area (Å²) in [5, 5.41) is 2.81. The van der Waals surface area contributed by atoms with Gasteiger partial charge in [0.05, 0.1) is 6.54 Å². The molecule has 1 fully saturated rings. The van der Waals surface area contributed by atoms with Crippen LogP contribution in [0.2, 0.25) is 0 Å². The van der Waals surface area contributed by atoms with Gasteiger partial charge in [0.2, 0.25) is 5.91 Å². The monoisotopic (exact) mass is 426 g/mol. The molecular weight excluding hydrogens is 400 g/mol. The summed E-state index contributed by atoms with van der Waals surface area (Å²) >= 11 is 0. The minimum atomic E-state index is -0.677. The Morgan fingerprint density at radius 1 is 0.968 bits per heavy atom. The normalized spacial score (nSPS) is 12.5. The molecule has 0 radical (unpaired) electrons. The molecule has 2 aromatic carbocycles. The minimum Gasteiger partial charge on any atom is -0.490 e. The van der Waals surface area contributed by atoms with Gasteiger partial charge in [-0.15, -0.1) is 0 Å². The van der Waals surface area contributed by atoms with Gasteiger partial charge in [-0.2, -0.15) is 0 Å². The molecule has 31 heavy (non-hydrogen) atoms. The number of carbonyl (C=O) groups excluding carboxylic acids is 3. The number of likely N-dealkylation sites (N-methyl/N-ethyl adjacent to an activating group) is 1. The third-order valence-electron chi connectivity index (χ3n) is 4.54. The molecule has 0 unspecified atom stereocenters. The van der Waals surface area contributed by atoms with E-state index in [1.54, 1.807) is 24.3 Å². The van der Waals surface area contributed by atoms with Crippen molar-refractivity contribution in [2.24, 2.45) is 0 Å². The predicted octanol–water partition coefficient (Wildman–Crippen LogP) is 2.04. The van der Waals surface area contributed by atoms with Crippen LogP contribution in [0, 0.1) is 0 Å². The topological polar surface area (TPSA) is 94.2 Å². The predicted molar refractivity (Wildman–Crippen MR) is 113 cm³/mol. The van der Waals surface area contributed by atoms with Gasteiger partial charge in [-0.1, -0.05) is 30.3 Å². The molecule has 0 atom stereocenters. The molecule has 1 aliphatic carbocycles. The van der Waals surface area contributed by atoms with Crippen LogP contribution in [0.5, 0.6) is 11.5 Å². The Hall–Kier alpha value is -3.55. The Bertz CT molecular complexity index is 898. The van der Waals surface area contributed by atoms with E-state index < -0.39 is 18.5 Å². The molecule has 0 aliphatic heterocycles. The summed E-state index contributed by atoms with van der Waals surface area (Å²) in [5.74, 6) is -0.292. The average molecular weight is 426 g/mol. The zero-order valence-corrected chi connectivity index (χ0v) is 17.4. The molecule has 1 saturated carbocycles. The van der Waals surface area contributed by atoms with Crippen molar-refractivity contribution in [2.45, 2.75) is 18.9 Å².